The molecule has 1 amide bonds. The molecule has 2 rings (SSSR count). The first-order valence-corrected chi connectivity index (χ1v) is 8.10. The van der Waals surface area contributed by atoms with Crippen molar-refractivity contribution in [3.63, 3.8) is 0 Å². The van der Waals surface area contributed by atoms with Gasteiger partial charge in [-0.1, -0.05) is 35.3 Å². The summed E-state index contributed by atoms with van der Waals surface area (Å²) in [6.07, 6.45) is 1.69. The van der Waals surface area contributed by atoms with Gasteiger partial charge in [0.05, 0.1) is 6.54 Å². The van der Waals surface area contributed by atoms with Crippen LogP contribution in [0.3, 0.4) is 0 Å². The van der Waals surface area contributed by atoms with Gasteiger partial charge in [-0.3, -0.25) is 14.6 Å². The third-order valence-corrected chi connectivity index (χ3v) is 4.27. The fourth-order valence-electron chi connectivity index (χ4n) is 2.44. The second-order valence-electron chi connectivity index (χ2n) is 5.38. The maximum Gasteiger partial charge on any atom is 0.234 e. The Morgan fingerprint density at radius 2 is 1.91 bits per heavy atom. The molecule has 22 heavy (non-hydrogen) atoms. The lowest BCUT2D eigenvalue weighted by Gasteiger charge is -2.34. The number of benzene rings is 1. The average molecular weight is 342 g/mol. The van der Waals surface area contributed by atoms with Crippen LogP contribution in [0.5, 0.6) is 0 Å². The minimum atomic E-state index is 0.0501. The minimum absolute atomic E-state index is 0.0501. The normalized spacial score (nSPS) is 16.5. The van der Waals surface area contributed by atoms with Gasteiger partial charge in [-0.05, 0) is 17.7 Å². The van der Waals surface area contributed by atoms with E-state index in [0.717, 1.165) is 38.3 Å². The summed E-state index contributed by atoms with van der Waals surface area (Å²) in [5.74, 6) is 0.0501. The fraction of sp³-hybridized carbons (Fsp3) is 0.438. The Kier molecular flexibility index (Phi) is 6.70. The van der Waals surface area contributed by atoms with Crippen LogP contribution in [0.2, 0.25) is 10.0 Å². The van der Waals surface area contributed by atoms with Gasteiger partial charge in [0.25, 0.3) is 0 Å². The Balaban J connectivity index is 1.77. The van der Waals surface area contributed by atoms with E-state index in [0.29, 0.717) is 23.1 Å². The number of halogens is 2. The van der Waals surface area contributed by atoms with Crippen molar-refractivity contribution in [2.45, 2.75) is 6.54 Å². The first-order valence-electron chi connectivity index (χ1n) is 7.34. The molecule has 0 aromatic heterocycles. The van der Waals surface area contributed by atoms with Crippen LogP contribution in [0.15, 0.2) is 30.9 Å². The highest BCUT2D eigenvalue weighted by molar-refractivity contribution is 6.35. The molecule has 1 fully saturated rings. The van der Waals surface area contributed by atoms with E-state index in [1.165, 1.54) is 0 Å². The monoisotopic (exact) mass is 341 g/mol. The van der Waals surface area contributed by atoms with E-state index in [2.05, 4.69) is 21.7 Å². The molecule has 1 aromatic rings. The zero-order chi connectivity index (χ0) is 15.9. The second-order valence-corrected chi connectivity index (χ2v) is 6.22. The van der Waals surface area contributed by atoms with Gasteiger partial charge in [0.15, 0.2) is 0 Å². The summed E-state index contributed by atoms with van der Waals surface area (Å²) in [5.41, 5.74) is 1.09. The van der Waals surface area contributed by atoms with Gasteiger partial charge in [-0.25, -0.2) is 0 Å². The van der Waals surface area contributed by atoms with Gasteiger partial charge >= 0.3 is 0 Å². The van der Waals surface area contributed by atoms with Crippen molar-refractivity contribution in [3.8, 4) is 0 Å². The molecule has 0 spiro atoms. The van der Waals surface area contributed by atoms with Crippen LogP contribution in [0.4, 0.5) is 0 Å². The second kappa shape index (κ2) is 8.53. The van der Waals surface area contributed by atoms with Crippen molar-refractivity contribution in [1.82, 2.24) is 15.1 Å². The molecule has 1 aliphatic heterocycles. The summed E-state index contributed by atoms with van der Waals surface area (Å²) in [7, 11) is 0. The topological polar surface area (TPSA) is 35.6 Å². The molecule has 0 atom stereocenters. The van der Waals surface area contributed by atoms with Crippen LogP contribution in [0.25, 0.3) is 0 Å². The van der Waals surface area contributed by atoms with Crippen LogP contribution < -0.4 is 5.32 Å². The number of rotatable bonds is 6. The largest absolute Gasteiger partial charge is 0.352 e. The first kappa shape index (κ1) is 17.3. The number of nitrogens with one attached hydrogen (secondary N) is 1. The molecule has 1 saturated heterocycles. The quantitative estimate of drug-likeness (QED) is 0.807. The van der Waals surface area contributed by atoms with Gasteiger partial charge in [-0.15, -0.1) is 6.58 Å². The van der Waals surface area contributed by atoms with E-state index in [1.54, 1.807) is 12.1 Å². The molecular weight excluding hydrogens is 321 g/mol. The van der Waals surface area contributed by atoms with Crippen molar-refractivity contribution in [2.75, 3.05) is 39.3 Å². The van der Waals surface area contributed by atoms with E-state index in [4.69, 9.17) is 23.2 Å². The van der Waals surface area contributed by atoms with Gasteiger partial charge in [-0.2, -0.15) is 0 Å². The Morgan fingerprint density at radius 1 is 1.23 bits per heavy atom. The Labute approximate surface area is 141 Å². The zero-order valence-corrected chi connectivity index (χ0v) is 14.0. The van der Waals surface area contributed by atoms with Crippen molar-refractivity contribution in [1.29, 1.82) is 0 Å². The molecule has 0 saturated carbocycles. The third kappa shape index (κ3) is 5.29. The summed E-state index contributed by atoms with van der Waals surface area (Å²) in [4.78, 5) is 16.2. The van der Waals surface area contributed by atoms with Crippen LogP contribution >= 0.6 is 23.2 Å². The number of nitrogens with zero attached hydrogens (tertiary/aromatic N) is 2. The lowest BCUT2D eigenvalue weighted by Crippen LogP contribution is -2.49. The number of carbonyl (C=O) groups is 1. The van der Waals surface area contributed by atoms with Gasteiger partial charge < -0.3 is 5.32 Å². The molecule has 0 radical (unpaired) electrons. The predicted octanol–water partition coefficient (Wildman–Crippen LogP) is 2.41. The highest BCUT2D eigenvalue weighted by Crippen LogP contribution is 2.22. The fourth-order valence-corrected chi connectivity index (χ4v) is 2.91. The van der Waals surface area contributed by atoms with Crippen molar-refractivity contribution >= 4 is 29.1 Å². The lowest BCUT2D eigenvalue weighted by molar-refractivity contribution is -0.122. The van der Waals surface area contributed by atoms with Crippen molar-refractivity contribution in [3.05, 3.63) is 46.5 Å². The van der Waals surface area contributed by atoms with E-state index in [1.807, 2.05) is 12.1 Å². The smallest absolute Gasteiger partial charge is 0.234 e. The highest BCUT2D eigenvalue weighted by Gasteiger charge is 2.19. The van der Waals surface area contributed by atoms with E-state index < -0.39 is 0 Å². The number of amides is 1. The lowest BCUT2D eigenvalue weighted by atomic mass is 10.2. The number of hydrogen-bond donors (Lipinski definition) is 1. The van der Waals surface area contributed by atoms with Crippen LogP contribution in [-0.4, -0.2) is 55.0 Å². The number of hydrogen-bond acceptors (Lipinski definition) is 3. The molecule has 120 valence electrons. The molecular formula is C16H21Cl2N3O. The van der Waals surface area contributed by atoms with Crippen LogP contribution in [-0.2, 0) is 11.3 Å². The molecule has 1 N–H and O–H groups in total. The van der Waals surface area contributed by atoms with Gasteiger partial charge in [0.1, 0.15) is 0 Å². The SMILES string of the molecule is C=CCNC(=O)CN1CCN(Cc2ccc(Cl)cc2Cl)CC1. The van der Waals surface area contributed by atoms with E-state index in [-0.39, 0.29) is 5.91 Å². The average Bonchev–Trinajstić information content (AvgIpc) is 2.50. The summed E-state index contributed by atoms with van der Waals surface area (Å²) in [6.45, 7) is 8.98. The standard InChI is InChI=1S/C16H21Cl2N3O/c1-2-5-19-16(22)12-21-8-6-20(7-9-21)11-13-3-4-14(17)10-15(13)18/h2-4,10H,1,5-9,11-12H2,(H,19,22). The summed E-state index contributed by atoms with van der Waals surface area (Å²) in [6, 6.07) is 5.61. The summed E-state index contributed by atoms with van der Waals surface area (Å²) >= 11 is 12.1. The molecule has 0 bridgehead atoms. The van der Waals surface area contributed by atoms with Gasteiger partial charge in [0.2, 0.25) is 5.91 Å². The first-order chi connectivity index (χ1) is 10.6. The summed E-state index contributed by atoms with van der Waals surface area (Å²) in [5, 5.41) is 4.16. The Morgan fingerprint density at radius 3 is 2.55 bits per heavy atom. The molecule has 0 unspecified atom stereocenters. The summed E-state index contributed by atoms with van der Waals surface area (Å²) < 4.78 is 0. The van der Waals surface area contributed by atoms with Crippen LogP contribution in [0, 0.1) is 0 Å². The molecule has 6 heteroatoms. The van der Waals surface area contributed by atoms with Crippen molar-refractivity contribution < 1.29 is 4.79 Å². The Hall–Kier alpha value is -1.07. The number of carbonyl (C=O) groups excluding carboxylic acids is 1. The molecule has 1 aromatic carbocycles. The highest BCUT2D eigenvalue weighted by atomic mass is 35.5. The van der Waals surface area contributed by atoms with E-state index >= 15 is 0 Å². The minimum Gasteiger partial charge on any atom is -0.352 e. The maximum atomic E-state index is 11.7. The third-order valence-electron chi connectivity index (χ3n) is 3.68. The maximum absolute atomic E-state index is 11.7. The number of piperazine rings is 1. The van der Waals surface area contributed by atoms with Crippen molar-refractivity contribution in [2.24, 2.45) is 0 Å². The Bertz CT molecular complexity index is 528. The molecule has 1 aliphatic rings. The zero-order valence-electron chi connectivity index (χ0n) is 12.5. The molecule has 0 aliphatic carbocycles. The van der Waals surface area contributed by atoms with E-state index in [9.17, 15) is 4.79 Å². The molecule has 1 heterocycles. The predicted molar refractivity (Wildman–Crippen MR) is 91.4 cm³/mol. The van der Waals surface area contributed by atoms with Gasteiger partial charge in [0, 0.05) is 49.3 Å². The van der Waals surface area contributed by atoms with Crippen LogP contribution in [0.1, 0.15) is 5.56 Å². The molecule has 4 nitrogen and oxygen atoms in total.